The van der Waals surface area contributed by atoms with Gasteiger partial charge in [0.15, 0.2) is 0 Å². The highest BCUT2D eigenvalue weighted by atomic mass is 14.8. The number of aliphatic imine (C=N–C) groups is 1. The third kappa shape index (κ3) is 2.70. The number of nitrogens with two attached hydrogens (primary N) is 1. The molecular weight excluding hydrogens is 150 g/mol. The van der Waals surface area contributed by atoms with Gasteiger partial charge in [0.2, 0.25) is 0 Å². The first-order valence-electron chi connectivity index (χ1n) is 4.00. The smallest absolute Gasteiger partial charge is 0.0981 e. The van der Waals surface area contributed by atoms with E-state index in [4.69, 9.17) is 5.73 Å². The third-order valence-corrected chi connectivity index (χ3v) is 1.47. The SMILES string of the molecule is CCN=C(N)Cc1cccnc1. The molecule has 0 aliphatic rings. The molecule has 64 valence electrons. The van der Waals surface area contributed by atoms with Crippen LogP contribution in [0.2, 0.25) is 0 Å². The molecule has 0 bridgehead atoms. The number of amidine groups is 1. The van der Waals surface area contributed by atoms with Gasteiger partial charge in [0.05, 0.1) is 5.84 Å². The second-order valence-electron chi connectivity index (χ2n) is 2.50. The quantitative estimate of drug-likeness (QED) is 0.534. The van der Waals surface area contributed by atoms with Gasteiger partial charge in [-0.25, -0.2) is 0 Å². The zero-order valence-electron chi connectivity index (χ0n) is 7.20. The van der Waals surface area contributed by atoms with Gasteiger partial charge in [-0.15, -0.1) is 0 Å². The highest BCUT2D eigenvalue weighted by Gasteiger charge is 1.94. The minimum absolute atomic E-state index is 0.672. The molecule has 1 aromatic rings. The molecule has 1 heterocycles. The predicted molar refractivity (Wildman–Crippen MR) is 50.1 cm³/mol. The van der Waals surface area contributed by atoms with E-state index in [-0.39, 0.29) is 0 Å². The maximum Gasteiger partial charge on any atom is 0.0981 e. The van der Waals surface area contributed by atoms with E-state index >= 15 is 0 Å². The molecular formula is C9H13N3. The van der Waals surface area contributed by atoms with Crippen molar-refractivity contribution in [3.05, 3.63) is 30.1 Å². The predicted octanol–water partition coefficient (Wildman–Crippen LogP) is 1.00. The summed E-state index contributed by atoms with van der Waals surface area (Å²) >= 11 is 0. The molecule has 0 aliphatic carbocycles. The lowest BCUT2D eigenvalue weighted by Gasteiger charge is -1.98. The third-order valence-electron chi connectivity index (χ3n) is 1.47. The Morgan fingerprint density at radius 1 is 1.67 bits per heavy atom. The fraction of sp³-hybridized carbons (Fsp3) is 0.333. The van der Waals surface area contributed by atoms with E-state index in [0.29, 0.717) is 12.3 Å². The molecule has 0 atom stereocenters. The van der Waals surface area contributed by atoms with Crippen LogP contribution >= 0.6 is 0 Å². The largest absolute Gasteiger partial charge is 0.387 e. The van der Waals surface area contributed by atoms with Crippen molar-refractivity contribution < 1.29 is 0 Å². The summed E-state index contributed by atoms with van der Waals surface area (Å²) in [4.78, 5) is 8.07. The summed E-state index contributed by atoms with van der Waals surface area (Å²) in [6, 6.07) is 3.89. The maximum absolute atomic E-state index is 5.64. The van der Waals surface area contributed by atoms with E-state index in [1.54, 1.807) is 12.4 Å². The van der Waals surface area contributed by atoms with Crippen LogP contribution in [0.1, 0.15) is 12.5 Å². The number of nitrogens with zero attached hydrogens (tertiary/aromatic N) is 2. The van der Waals surface area contributed by atoms with Crippen molar-refractivity contribution in [3.8, 4) is 0 Å². The van der Waals surface area contributed by atoms with Crippen molar-refractivity contribution in [1.29, 1.82) is 0 Å². The van der Waals surface area contributed by atoms with Crippen molar-refractivity contribution in [2.45, 2.75) is 13.3 Å². The average Bonchev–Trinajstić information content (AvgIpc) is 2.06. The second-order valence-corrected chi connectivity index (χ2v) is 2.50. The molecule has 2 N–H and O–H groups in total. The van der Waals surface area contributed by atoms with Crippen LogP contribution in [0, 0.1) is 0 Å². The number of hydrogen-bond donors (Lipinski definition) is 1. The van der Waals surface area contributed by atoms with Gasteiger partial charge >= 0.3 is 0 Å². The number of aromatic nitrogens is 1. The van der Waals surface area contributed by atoms with Gasteiger partial charge in [-0.3, -0.25) is 9.98 Å². The van der Waals surface area contributed by atoms with Gasteiger partial charge in [0.25, 0.3) is 0 Å². The highest BCUT2D eigenvalue weighted by molar-refractivity contribution is 5.82. The minimum atomic E-state index is 0.672. The summed E-state index contributed by atoms with van der Waals surface area (Å²) in [6.07, 6.45) is 4.25. The first-order valence-corrected chi connectivity index (χ1v) is 4.00. The molecule has 0 amide bonds. The Hall–Kier alpha value is -1.38. The minimum Gasteiger partial charge on any atom is -0.387 e. The Morgan fingerprint density at radius 2 is 2.50 bits per heavy atom. The standard InChI is InChI=1S/C9H13N3/c1-2-12-9(10)6-8-4-3-5-11-7-8/h3-5,7H,2,6H2,1H3,(H2,10,12). The van der Waals surface area contributed by atoms with Gasteiger partial charge in [0.1, 0.15) is 0 Å². The lowest BCUT2D eigenvalue weighted by atomic mass is 10.2. The molecule has 0 fully saturated rings. The van der Waals surface area contributed by atoms with E-state index in [1.807, 2.05) is 19.1 Å². The summed E-state index contributed by atoms with van der Waals surface area (Å²) in [6.45, 7) is 2.71. The molecule has 0 saturated carbocycles. The van der Waals surface area contributed by atoms with Crippen molar-refractivity contribution >= 4 is 5.84 Å². The van der Waals surface area contributed by atoms with Crippen LogP contribution < -0.4 is 5.73 Å². The van der Waals surface area contributed by atoms with Crippen LogP contribution in [-0.2, 0) is 6.42 Å². The average molecular weight is 163 g/mol. The monoisotopic (exact) mass is 163 g/mol. The van der Waals surface area contributed by atoms with Crippen LogP contribution in [0.5, 0.6) is 0 Å². The first kappa shape index (κ1) is 8.71. The fourth-order valence-electron chi connectivity index (χ4n) is 0.971. The number of hydrogen-bond acceptors (Lipinski definition) is 2. The highest BCUT2D eigenvalue weighted by Crippen LogP contribution is 1.96. The van der Waals surface area contributed by atoms with Crippen LogP contribution in [-0.4, -0.2) is 17.4 Å². The van der Waals surface area contributed by atoms with E-state index in [2.05, 4.69) is 9.98 Å². The maximum atomic E-state index is 5.64. The molecule has 1 rings (SSSR count). The Kier molecular flexibility index (Phi) is 3.26. The summed E-state index contributed by atoms with van der Waals surface area (Å²) in [5, 5.41) is 0. The Bertz CT molecular complexity index is 254. The second kappa shape index (κ2) is 4.49. The van der Waals surface area contributed by atoms with Gasteiger partial charge in [-0.2, -0.15) is 0 Å². The number of rotatable bonds is 3. The van der Waals surface area contributed by atoms with E-state index in [0.717, 1.165) is 12.1 Å². The Labute approximate surface area is 72.3 Å². The number of pyridine rings is 1. The molecule has 1 aromatic heterocycles. The van der Waals surface area contributed by atoms with E-state index in [9.17, 15) is 0 Å². The summed E-state index contributed by atoms with van der Waals surface area (Å²) in [5.74, 6) is 0.672. The lowest BCUT2D eigenvalue weighted by molar-refractivity contribution is 1.09. The molecule has 0 aliphatic heterocycles. The first-order chi connectivity index (χ1) is 5.83. The van der Waals surface area contributed by atoms with Crippen LogP contribution in [0.3, 0.4) is 0 Å². The van der Waals surface area contributed by atoms with E-state index in [1.165, 1.54) is 0 Å². The molecule has 0 aromatic carbocycles. The van der Waals surface area contributed by atoms with Gasteiger partial charge < -0.3 is 5.73 Å². The molecule has 12 heavy (non-hydrogen) atoms. The van der Waals surface area contributed by atoms with Gasteiger partial charge in [-0.1, -0.05) is 6.07 Å². The van der Waals surface area contributed by atoms with E-state index < -0.39 is 0 Å². The van der Waals surface area contributed by atoms with Gasteiger partial charge in [-0.05, 0) is 18.6 Å². The molecule has 3 heteroatoms. The van der Waals surface area contributed by atoms with Crippen LogP contribution in [0.25, 0.3) is 0 Å². The van der Waals surface area contributed by atoms with Crippen molar-refractivity contribution in [1.82, 2.24) is 4.98 Å². The Balaban J connectivity index is 2.58. The molecule has 0 unspecified atom stereocenters. The lowest BCUT2D eigenvalue weighted by Crippen LogP contribution is -2.15. The van der Waals surface area contributed by atoms with Crippen molar-refractivity contribution in [3.63, 3.8) is 0 Å². The summed E-state index contributed by atoms with van der Waals surface area (Å²) in [7, 11) is 0. The van der Waals surface area contributed by atoms with Crippen molar-refractivity contribution in [2.75, 3.05) is 6.54 Å². The topological polar surface area (TPSA) is 51.3 Å². The zero-order chi connectivity index (χ0) is 8.81. The molecule has 3 nitrogen and oxygen atoms in total. The molecule has 0 spiro atoms. The fourth-order valence-corrected chi connectivity index (χ4v) is 0.971. The van der Waals surface area contributed by atoms with Crippen LogP contribution in [0.15, 0.2) is 29.5 Å². The van der Waals surface area contributed by atoms with Gasteiger partial charge in [0, 0.05) is 25.4 Å². The summed E-state index contributed by atoms with van der Waals surface area (Å²) < 4.78 is 0. The molecule has 0 radical (unpaired) electrons. The van der Waals surface area contributed by atoms with Crippen molar-refractivity contribution in [2.24, 2.45) is 10.7 Å². The molecule has 0 saturated heterocycles. The normalized spacial score (nSPS) is 11.6. The van der Waals surface area contributed by atoms with Crippen LogP contribution in [0.4, 0.5) is 0 Å². The zero-order valence-corrected chi connectivity index (χ0v) is 7.20. The Morgan fingerprint density at radius 3 is 3.08 bits per heavy atom. The summed E-state index contributed by atoms with van der Waals surface area (Å²) in [5.41, 5.74) is 6.74.